The Bertz CT molecular complexity index is 1700. The zero-order valence-corrected chi connectivity index (χ0v) is 25.8. The van der Waals surface area contributed by atoms with Crippen LogP contribution in [0.25, 0.3) is 21.9 Å². The zero-order valence-electron chi connectivity index (χ0n) is 25.8. The second kappa shape index (κ2) is 13.4. The first-order valence-electron chi connectivity index (χ1n) is 15.5. The Morgan fingerprint density at radius 3 is 2.23 bits per heavy atom. The van der Waals surface area contributed by atoms with Gasteiger partial charge in [-0.3, -0.25) is 4.90 Å². The van der Waals surface area contributed by atoms with Gasteiger partial charge in [-0.15, -0.1) is 0 Å². The smallest absolute Gasteiger partial charge is 0.184 e. The number of likely N-dealkylation sites (N-methyl/N-ethyl adjacent to an activating group) is 1. The fourth-order valence-corrected chi connectivity index (χ4v) is 6.23. The summed E-state index contributed by atoms with van der Waals surface area (Å²) in [6, 6.07) is 40.3. The van der Waals surface area contributed by atoms with E-state index in [1.54, 1.807) is 0 Å². The second-order valence-electron chi connectivity index (χ2n) is 12.1. The predicted octanol–water partition coefficient (Wildman–Crippen LogP) is 7.94. The molecule has 0 bridgehead atoms. The van der Waals surface area contributed by atoms with Crippen molar-refractivity contribution in [3.63, 3.8) is 0 Å². The van der Waals surface area contributed by atoms with Crippen molar-refractivity contribution >= 4 is 10.8 Å². The van der Waals surface area contributed by atoms with Crippen LogP contribution in [0.1, 0.15) is 60.1 Å². The number of hydrogen-bond donors (Lipinski definition) is 2. The third-order valence-electron chi connectivity index (χ3n) is 9.16. The van der Waals surface area contributed by atoms with Gasteiger partial charge >= 0.3 is 0 Å². The molecule has 0 saturated carbocycles. The molecule has 0 amide bonds. The van der Waals surface area contributed by atoms with E-state index in [4.69, 9.17) is 15.2 Å². The third kappa shape index (κ3) is 6.48. The second-order valence-corrected chi connectivity index (χ2v) is 12.1. The molecule has 1 aliphatic rings. The Morgan fingerprint density at radius 2 is 1.48 bits per heavy atom. The van der Waals surface area contributed by atoms with E-state index in [1.165, 1.54) is 16.3 Å². The van der Waals surface area contributed by atoms with Crippen LogP contribution in [-0.4, -0.2) is 29.7 Å². The quantitative estimate of drug-likeness (QED) is 0.184. The summed E-state index contributed by atoms with van der Waals surface area (Å²) < 4.78 is 13.6. The molecule has 1 heterocycles. The molecule has 5 aromatic rings. The SMILES string of the molecule is C[C@H]1[C@@H](CN(C)[C@H](C)c2ccc3ccccc3c2)O[C@@H](c2cccc(-c3cccc(CN)c3)c2)O[C@H]1c1ccc(CO)cc1. The van der Waals surface area contributed by atoms with E-state index < -0.39 is 6.29 Å². The van der Waals surface area contributed by atoms with Crippen LogP contribution in [-0.2, 0) is 22.6 Å². The number of ether oxygens (including phenoxy) is 2. The molecule has 5 nitrogen and oxygen atoms in total. The molecular formula is C39H42N2O3. The standard InChI is InChI=1S/C39H42N2O3/c1-26-37(24-41(3)27(2)32-19-18-30-9-4-5-10-34(30)21-32)43-39(44-38(26)31-16-14-28(25-42)15-17-31)36-13-7-12-35(22-36)33-11-6-8-29(20-33)23-40/h4-22,26-27,37-39,42H,23-25,40H2,1-3H3/t26-,27+,37+,38+,39+/m0/s1. The lowest BCUT2D eigenvalue weighted by atomic mass is 9.89. The van der Waals surface area contributed by atoms with Gasteiger partial charge in [0, 0.05) is 30.6 Å². The Labute approximate surface area is 260 Å². The van der Waals surface area contributed by atoms with Crippen LogP contribution >= 0.6 is 0 Å². The van der Waals surface area contributed by atoms with E-state index in [1.807, 2.05) is 18.2 Å². The Kier molecular flexibility index (Phi) is 9.22. The lowest BCUT2D eigenvalue weighted by Crippen LogP contribution is -2.44. The van der Waals surface area contributed by atoms with Crippen LogP contribution in [0.2, 0.25) is 0 Å². The lowest BCUT2D eigenvalue weighted by molar-refractivity contribution is -0.276. The minimum atomic E-state index is -0.527. The van der Waals surface area contributed by atoms with E-state index in [-0.39, 0.29) is 30.8 Å². The molecule has 0 aromatic heterocycles. The predicted molar refractivity (Wildman–Crippen MR) is 178 cm³/mol. The van der Waals surface area contributed by atoms with E-state index in [9.17, 15) is 5.11 Å². The van der Waals surface area contributed by atoms with Crippen molar-refractivity contribution in [2.24, 2.45) is 11.7 Å². The molecule has 3 N–H and O–H groups in total. The third-order valence-corrected chi connectivity index (χ3v) is 9.16. The number of nitrogens with zero attached hydrogens (tertiary/aromatic N) is 1. The molecule has 0 spiro atoms. The number of aliphatic hydroxyl groups excluding tert-OH is 1. The Morgan fingerprint density at radius 1 is 0.750 bits per heavy atom. The highest BCUT2D eigenvalue weighted by Crippen LogP contribution is 2.43. The van der Waals surface area contributed by atoms with Crippen LogP contribution in [0, 0.1) is 5.92 Å². The topological polar surface area (TPSA) is 68.0 Å². The first-order chi connectivity index (χ1) is 21.4. The Hall–Kier alpha value is -3.84. The summed E-state index contributed by atoms with van der Waals surface area (Å²) in [4.78, 5) is 2.38. The minimum absolute atomic E-state index is 0.0192. The highest BCUT2D eigenvalue weighted by Gasteiger charge is 2.39. The van der Waals surface area contributed by atoms with Crippen LogP contribution in [0.3, 0.4) is 0 Å². The van der Waals surface area contributed by atoms with E-state index in [0.29, 0.717) is 6.54 Å². The average molecular weight is 587 g/mol. The average Bonchev–Trinajstić information content (AvgIpc) is 3.08. The van der Waals surface area contributed by atoms with Gasteiger partial charge in [0.2, 0.25) is 0 Å². The summed E-state index contributed by atoms with van der Waals surface area (Å²) in [5, 5.41) is 12.1. The monoisotopic (exact) mass is 586 g/mol. The summed E-state index contributed by atoms with van der Waals surface area (Å²) in [6.45, 7) is 5.75. The van der Waals surface area contributed by atoms with Crippen molar-refractivity contribution in [1.29, 1.82) is 0 Å². The van der Waals surface area contributed by atoms with Gasteiger partial charge < -0.3 is 20.3 Å². The highest BCUT2D eigenvalue weighted by molar-refractivity contribution is 5.83. The molecular weight excluding hydrogens is 544 g/mol. The number of hydrogen-bond acceptors (Lipinski definition) is 5. The van der Waals surface area contributed by atoms with Crippen molar-refractivity contribution in [1.82, 2.24) is 4.90 Å². The summed E-state index contributed by atoms with van der Waals surface area (Å²) in [6.07, 6.45) is -0.769. The van der Waals surface area contributed by atoms with Crippen LogP contribution in [0.15, 0.2) is 115 Å². The molecule has 5 aromatic carbocycles. The van der Waals surface area contributed by atoms with Gasteiger partial charge in [0.1, 0.15) is 0 Å². The maximum atomic E-state index is 9.62. The van der Waals surface area contributed by atoms with Gasteiger partial charge in [0.15, 0.2) is 6.29 Å². The largest absolute Gasteiger partial charge is 0.392 e. The normalized spacial score (nSPS) is 21.0. The van der Waals surface area contributed by atoms with Gasteiger partial charge in [0.25, 0.3) is 0 Å². The van der Waals surface area contributed by atoms with Crippen molar-refractivity contribution in [2.45, 2.75) is 51.5 Å². The van der Waals surface area contributed by atoms with E-state index in [2.05, 4.69) is 123 Å². The van der Waals surface area contributed by atoms with Crippen LogP contribution in [0.4, 0.5) is 0 Å². The maximum absolute atomic E-state index is 9.62. The maximum Gasteiger partial charge on any atom is 0.184 e. The van der Waals surface area contributed by atoms with Crippen molar-refractivity contribution < 1.29 is 14.6 Å². The zero-order chi connectivity index (χ0) is 30.6. The number of nitrogens with two attached hydrogens (primary N) is 1. The van der Waals surface area contributed by atoms with Gasteiger partial charge in [-0.2, -0.15) is 0 Å². The Balaban J connectivity index is 1.29. The molecule has 44 heavy (non-hydrogen) atoms. The van der Waals surface area contributed by atoms with Crippen LogP contribution in [0.5, 0.6) is 0 Å². The molecule has 1 saturated heterocycles. The molecule has 226 valence electrons. The van der Waals surface area contributed by atoms with Gasteiger partial charge in [0.05, 0.1) is 18.8 Å². The van der Waals surface area contributed by atoms with Crippen molar-refractivity contribution in [2.75, 3.05) is 13.6 Å². The van der Waals surface area contributed by atoms with E-state index in [0.717, 1.165) is 39.9 Å². The molecule has 5 heteroatoms. The molecule has 1 fully saturated rings. The fourth-order valence-electron chi connectivity index (χ4n) is 6.23. The molecule has 0 unspecified atom stereocenters. The molecule has 1 aliphatic heterocycles. The fraction of sp³-hybridized carbons (Fsp3) is 0.282. The van der Waals surface area contributed by atoms with Crippen LogP contribution < -0.4 is 5.73 Å². The number of rotatable bonds is 9. The highest BCUT2D eigenvalue weighted by atomic mass is 16.7. The number of fused-ring (bicyclic) bond motifs is 1. The molecule has 5 atom stereocenters. The van der Waals surface area contributed by atoms with Crippen molar-refractivity contribution in [3.05, 3.63) is 143 Å². The number of aliphatic hydroxyl groups is 1. The van der Waals surface area contributed by atoms with Gasteiger partial charge in [-0.1, -0.05) is 104 Å². The number of benzene rings is 5. The minimum Gasteiger partial charge on any atom is -0.392 e. The summed E-state index contributed by atoms with van der Waals surface area (Å²) in [5.74, 6) is 0.0990. The van der Waals surface area contributed by atoms with Crippen molar-refractivity contribution in [3.8, 4) is 11.1 Å². The summed E-state index contributed by atoms with van der Waals surface area (Å²) in [5.41, 5.74) is 13.5. The summed E-state index contributed by atoms with van der Waals surface area (Å²) >= 11 is 0. The molecule has 6 rings (SSSR count). The molecule has 0 aliphatic carbocycles. The van der Waals surface area contributed by atoms with E-state index >= 15 is 0 Å². The lowest BCUT2D eigenvalue weighted by Gasteiger charge is -2.43. The van der Waals surface area contributed by atoms with Gasteiger partial charge in [-0.25, -0.2) is 0 Å². The first-order valence-corrected chi connectivity index (χ1v) is 15.5. The first kappa shape index (κ1) is 30.2. The summed E-state index contributed by atoms with van der Waals surface area (Å²) in [7, 11) is 2.18. The molecule has 0 radical (unpaired) electrons. The van der Waals surface area contributed by atoms with Gasteiger partial charge in [-0.05, 0) is 76.3 Å².